The highest BCUT2D eigenvalue weighted by molar-refractivity contribution is 9.10. The van der Waals surface area contributed by atoms with Crippen LogP contribution in [-0.4, -0.2) is 9.55 Å². The predicted molar refractivity (Wildman–Crippen MR) is 79.2 cm³/mol. The van der Waals surface area contributed by atoms with E-state index in [2.05, 4.69) is 20.9 Å². The van der Waals surface area contributed by atoms with Crippen LogP contribution in [-0.2, 0) is 6.54 Å². The summed E-state index contributed by atoms with van der Waals surface area (Å²) in [5, 5.41) is 0.345. The summed E-state index contributed by atoms with van der Waals surface area (Å²) < 4.78 is 28.2. The number of rotatable bonds is 2. The van der Waals surface area contributed by atoms with Crippen LogP contribution in [0.2, 0.25) is 0 Å². The van der Waals surface area contributed by atoms with Gasteiger partial charge in [-0.05, 0) is 29.8 Å². The largest absolute Gasteiger partial charge is 0.294 e. The maximum atomic E-state index is 13.1. The SMILES string of the molecule is O=c1c2ccc(F)cc2ncn1Cc1ccc(F)cc1Br. The number of fused-ring (bicyclic) bond motifs is 1. The summed E-state index contributed by atoms with van der Waals surface area (Å²) in [6, 6.07) is 8.12. The Hall–Kier alpha value is -2.08. The number of halogens is 3. The molecular formula is C15H9BrF2N2O. The second-order valence-electron chi connectivity index (χ2n) is 4.57. The van der Waals surface area contributed by atoms with Crippen LogP contribution in [0.3, 0.4) is 0 Å². The molecule has 0 saturated heterocycles. The van der Waals surface area contributed by atoms with Crippen LogP contribution in [0.15, 0.2) is 52.0 Å². The standard InChI is InChI=1S/C15H9BrF2N2O/c16-13-5-10(17)2-1-9(13)7-20-8-19-14-6-11(18)3-4-12(14)15(20)21/h1-6,8H,7H2. The fraction of sp³-hybridized carbons (Fsp3) is 0.0667. The van der Waals surface area contributed by atoms with E-state index in [1.54, 1.807) is 6.07 Å². The number of nitrogens with zero attached hydrogens (tertiary/aromatic N) is 2. The third kappa shape index (κ3) is 2.71. The third-order valence-electron chi connectivity index (χ3n) is 3.14. The average Bonchev–Trinajstić information content (AvgIpc) is 2.44. The molecule has 0 aliphatic rings. The molecule has 6 heteroatoms. The van der Waals surface area contributed by atoms with E-state index >= 15 is 0 Å². The molecule has 0 radical (unpaired) electrons. The summed E-state index contributed by atoms with van der Waals surface area (Å²) in [5.41, 5.74) is 0.799. The second kappa shape index (κ2) is 5.37. The predicted octanol–water partition coefficient (Wildman–Crippen LogP) is 3.49. The van der Waals surface area contributed by atoms with Crippen LogP contribution in [0.25, 0.3) is 10.9 Å². The Morgan fingerprint density at radius 2 is 1.81 bits per heavy atom. The molecule has 106 valence electrons. The molecule has 21 heavy (non-hydrogen) atoms. The lowest BCUT2D eigenvalue weighted by atomic mass is 10.2. The Bertz CT molecular complexity index is 892. The first kappa shape index (κ1) is 13.9. The summed E-state index contributed by atoms with van der Waals surface area (Å²) in [4.78, 5) is 16.4. The van der Waals surface area contributed by atoms with E-state index in [0.717, 1.165) is 5.56 Å². The molecule has 0 atom stereocenters. The van der Waals surface area contributed by atoms with E-state index < -0.39 is 5.82 Å². The lowest BCUT2D eigenvalue weighted by Gasteiger charge is -2.08. The minimum Gasteiger partial charge on any atom is -0.294 e. The van der Waals surface area contributed by atoms with Gasteiger partial charge in [-0.3, -0.25) is 9.36 Å². The van der Waals surface area contributed by atoms with Crippen molar-refractivity contribution in [1.82, 2.24) is 9.55 Å². The molecule has 1 heterocycles. The zero-order valence-electron chi connectivity index (χ0n) is 10.7. The van der Waals surface area contributed by atoms with Gasteiger partial charge in [-0.2, -0.15) is 0 Å². The van der Waals surface area contributed by atoms with Crippen molar-refractivity contribution in [2.45, 2.75) is 6.54 Å². The molecule has 3 nitrogen and oxygen atoms in total. The van der Waals surface area contributed by atoms with Gasteiger partial charge in [-0.1, -0.05) is 22.0 Å². The van der Waals surface area contributed by atoms with Crippen LogP contribution in [0, 0.1) is 11.6 Å². The van der Waals surface area contributed by atoms with Crippen LogP contribution < -0.4 is 5.56 Å². The van der Waals surface area contributed by atoms with Crippen LogP contribution in [0.4, 0.5) is 8.78 Å². The van der Waals surface area contributed by atoms with Crippen molar-refractivity contribution in [1.29, 1.82) is 0 Å². The maximum absolute atomic E-state index is 13.1. The molecule has 0 saturated carbocycles. The Kier molecular flexibility index (Phi) is 3.55. The normalized spacial score (nSPS) is 11.0. The topological polar surface area (TPSA) is 34.9 Å². The van der Waals surface area contributed by atoms with Gasteiger partial charge >= 0.3 is 0 Å². The molecule has 0 spiro atoms. The van der Waals surface area contributed by atoms with E-state index in [1.165, 1.54) is 41.2 Å². The van der Waals surface area contributed by atoms with Crippen molar-refractivity contribution in [3.63, 3.8) is 0 Å². The molecule has 0 amide bonds. The first-order valence-corrected chi connectivity index (χ1v) is 6.92. The van der Waals surface area contributed by atoms with Crippen LogP contribution in [0.1, 0.15) is 5.56 Å². The first-order valence-electron chi connectivity index (χ1n) is 6.13. The molecule has 0 aliphatic carbocycles. The first-order chi connectivity index (χ1) is 10.0. The van der Waals surface area contributed by atoms with E-state index in [4.69, 9.17) is 0 Å². The highest BCUT2D eigenvalue weighted by Crippen LogP contribution is 2.19. The van der Waals surface area contributed by atoms with Crippen molar-refractivity contribution in [3.8, 4) is 0 Å². The fourth-order valence-corrected chi connectivity index (χ4v) is 2.55. The van der Waals surface area contributed by atoms with Gasteiger partial charge in [0, 0.05) is 10.5 Å². The van der Waals surface area contributed by atoms with Crippen molar-refractivity contribution >= 4 is 26.8 Å². The highest BCUT2D eigenvalue weighted by atomic mass is 79.9. The summed E-state index contributed by atoms with van der Waals surface area (Å²) in [7, 11) is 0. The van der Waals surface area contributed by atoms with Gasteiger partial charge in [0.15, 0.2) is 0 Å². The van der Waals surface area contributed by atoms with E-state index in [1.807, 2.05) is 0 Å². The van der Waals surface area contributed by atoms with Crippen LogP contribution in [0.5, 0.6) is 0 Å². The lowest BCUT2D eigenvalue weighted by molar-refractivity contribution is 0.624. The summed E-state index contributed by atoms with van der Waals surface area (Å²) in [5.74, 6) is -0.793. The Labute approximate surface area is 127 Å². The minimum absolute atomic E-state index is 0.250. The third-order valence-corrected chi connectivity index (χ3v) is 3.88. The zero-order valence-corrected chi connectivity index (χ0v) is 12.3. The zero-order chi connectivity index (χ0) is 15.0. The summed E-state index contributed by atoms with van der Waals surface area (Å²) in [6.45, 7) is 0.250. The molecule has 0 N–H and O–H groups in total. The molecule has 0 aliphatic heterocycles. The highest BCUT2D eigenvalue weighted by Gasteiger charge is 2.08. The van der Waals surface area contributed by atoms with Crippen LogP contribution >= 0.6 is 15.9 Å². The molecular weight excluding hydrogens is 342 g/mol. The van der Waals surface area contributed by atoms with Gasteiger partial charge in [0.05, 0.1) is 23.8 Å². The molecule has 1 aromatic heterocycles. The maximum Gasteiger partial charge on any atom is 0.261 e. The van der Waals surface area contributed by atoms with Crippen molar-refractivity contribution in [2.24, 2.45) is 0 Å². The molecule has 0 fully saturated rings. The molecule has 0 bridgehead atoms. The number of hydrogen-bond acceptors (Lipinski definition) is 2. The fourth-order valence-electron chi connectivity index (χ4n) is 2.08. The lowest BCUT2D eigenvalue weighted by Crippen LogP contribution is -2.21. The van der Waals surface area contributed by atoms with Gasteiger partial charge in [0.25, 0.3) is 5.56 Å². The van der Waals surface area contributed by atoms with E-state index in [-0.39, 0.29) is 17.9 Å². The van der Waals surface area contributed by atoms with Gasteiger partial charge in [0.2, 0.25) is 0 Å². The van der Waals surface area contributed by atoms with Crippen molar-refractivity contribution < 1.29 is 8.78 Å². The van der Waals surface area contributed by atoms with E-state index in [9.17, 15) is 13.6 Å². The number of benzene rings is 2. The monoisotopic (exact) mass is 350 g/mol. The Morgan fingerprint density at radius 3 is 2.57 bits per heavy atom. The minimum atomic E-state index is -0.437. The molecule has 0 unspecified atom stereocenters. The Balaban J connectivity index is 2.07. The van der Waals surface area contributed by atoms with Crippen molar-refractivity contribution in [3.05, 3.63) is 74.7 Å². The second-order valence-corrected chi connectivity index (χ2v) is 5.43. The summed E-state index contributed by atoms with van der Waals surface area (Å²) >= 11 is 3.26. The van der Waals surface area contributed by atoms with E-state index in [0.29, 0.717) is 15.4 Å². The quantitative estimate of drug-likeness (QED) is 0.709. The van der Waals surface area contributed by atoms with Gasteiger partial charge in [0.1, 0.15) is 11.6 Å². The van der Waals surface area contributed by atoms with Gasteiger partial charge in [-0.15, -0.1) is 0 Å². The number of hydrogen-bond donors (Lipinski definition) is 0. The smallest absolute Gasteiger partial charge is 0.261 e. The van der Waals surface area contributed by atoms with Gasteiger partial charge < -0.3 is 0 Å². The van der Waals surface area contributed by atoms with Gasteiger partial charge in [-0.25, -0.2) is 13.8 Å². The average molecular weight is 351 g/mol. The summed E-state index contributed by atoms with van der Waals surface area (Å²) in [6.07, 6.45) is 1.36. The number of aromatic nitrogens is 2. The van der Waals surface area contributed by atoms with Crippen molar-refractivity contribution in [2.75, 3.05) is 0 Å². The molecule has 3 rings (SSSR count). The molecule has 2 aromatic carbocycles. The Morgan fingerprint density at radius 1 is 1.10 bits per heavy atom. The molecule has 3 aromatic rings.